The first kappa shape index (κ1) is 17.3. The first-order valence-corrected chi connectivity index (χ1v) is 8.82. The van der Waals surface area contributed by atoms with Gasteiger partial charge < -0.3 is 4.74 Å². The van der Waals surface area contributed by atoms with E-state index in [1.165, 1.54) is 25.3 Å². The maximum Gasteiger partial charge on any atom is 0.261 e. The smallest absolute Gasteiger partial charge is 0.261 e. The number of sulfonamides is 1. The van der Waals surface area contributed by atoms with E-state index in [1.54, 1.807) is 24.3 Å². The van der Waals surface area contributed by atoms with E-state index in [0.717, 1.165) is 6.42 Å². The van der Waals surface area contributed by atoms with Crippen LogP contribution in [0.3, 0.4) is 0 Å². The van der Waals surface area contributed by atoms with Crippen molar-refractivity contribution in [1.82, 2.24) is 0 Å². The van der Waals surface area contributed by atoms with E-state index in [4.69, 9.17) is 4.74 Å². The van der Waals surface area contributed by atoms with Crippen LogP contribution in [0.2, 0.25) is 0 Å². The summed E-state index contributed by atoms with van der Waals surface area (Å²) in [5, 5.41) is 0. The molecule has 0 aliphatic heterocycles. The van der Waals surface area contributed by atoms with Crippen LogP contribution in [-0.4, -0.2) is 15.5 Å². The molecule has 1 atom stereocenters. The highest BCUT2D eigenvalue weighted by Crippen LogP contribution is 2.26. The molecule has 0 fully saturated rings. The molecule has 0 aliphatic rings. The highest BCUT2D eigenvalue weighted by Gasteiger charge is 2.16. The zero-order valence-electron chi connectivity index (χ0n) is 13.3. The van der Waals surface area contributed by atoms with Gasteiger partial charge in [0.1, 0.15) is 11.6 Å². The standard InChI is InChI=1S/C17H20FNO3S/c1-4-12(2)16-10-5-13(11-17(16)18)19-23(20,21)15-8-6-14(22-3)7-9-15/h5-12,19H,4H2,1-3H3/t12-/m1/s1. The Balaban J connectivity index is 2.24. The summed E-state index contributed by atoms with van der Waals surface area (Å²) < 4.78 is 46.1. The fraction of sp³-hybridized carbons (Fsp3) is 0.294. The Morgan fingerprint density at radius 1 is 1.17 bits per heavy atom. The van der Waals surface area contributed by atoms with Gasteiger partial charge in [0.15, 0.2) is 0 Å². The summed E-state index contributed by atoms with van der Waals surface area (Å²) in [5.74, 6) is 0.240. The SMILES string of the molecule is CC[C@@H](C)c1ccc(NS(=O)(=O)c2ccc(OC)cc2)cc1F. The van der Waals surface area contributed by atoms with Crippen molar-refractivity contribution in [2.75, 3.05) is 11.8 Å². The average molecular weight is 337 g/mol. The van der Waals surface area contributed by atoms with E-state index in [2.05, 4.69) is 4.72 Å². The third-order valence-electron chi connectivity index (χ3n) is 3.77. The zero-order chi connectivity index (χ0) is 17.0. The van der Waals surface area contributed by atoms with Gasteiger partial charge in [-0.3, -0.25) is 4.72 Å². The maximum absolute atomic E-state index is 14.1. The molecule has 0 bridgehead atoms. The highest BCUT2D eigenvalue weighted by atomic mass is 32.2. The molecule has 2 rings (SSSR count). The minimum atomic E-state index is -3.77. The average Bonchev–Trinajstić information content (AvgIpc) is 2.54. The van der Waals surface area contributed by atoms with Gasteiger partial charge in [-0.2, -0.15) is 0 Å². The van der Waals surface area contributed by atoms with Crippen molar-refractivity contribution in [2.24, 2.45) is 0 Å². The topological polar surface area (TPSA) is 55.4 Å². The van der Waals surface area contributed by atoms with E-state index in [1.807, 2.05) is 13.8 Å². The molecular weight excluding hydrogens is 317 g/mol. The normalized spacial score (nSPS) is 12.7. The second kappa shape index (κ2) is 7.00. The van der Waals surface area contributed by atoms with Gasteiger partial charge in [-0.15, -0.1) is 0 Å². The van der Waals surface area contributed by atoms with Crippen LogP contribution in [0, 0.1) is 5.82 Å². The number of hydrogen-bond acceptors (Lipinski definition) is 3. The number of ether oxygens (including phenoxy) is 1. The molecule has 124 valence electrons. The third-order valence-corrected chi connectivity index (χ3v) is 5.16. The summed E-state index contributed by atoms with van der Waals surface area (Å²) >= 11 is 0. The number of benzene rings is 2. The monoisotopic (exact) mass is 337 g/mol. The second-order valence-electron chi connectivity index (χ2n) is 5.33. The lowest BCUT2D eigenvalue weighted by molar-refractivity contribution is 0.414. The summed E-state index contributed by atoms with van der Waals surface area (Å²) in [7, 11) is -2.26. The van der Waals surface area contributed by atoms with Gasteiger partial charge in [-0.1, -0.05) is 19.9 Å². The largest absolute Gasteiger partial charge is 0.497 e. The minimum Gasteiger partial charge on any atom is -0.497 e. The van der Waals surface area contributed by atoms with Crippen LogP contribution in [0.5, 0.6) is 5.75 Å². The lowest BCUT2D eigenvalue weighted by Crippen LogP contribution is -2.13. The van der Waals surface area contributed by atoms with Gasteiger partial charge in [-0.05, 0) is 54.3 Å². The molecular formula is C17H20FNO3S. The molecule has 23 heavy (non-hydrogen) atoms. The molecule has 0 amide bonds. The minimum absolute atomic E-state index is 0.0854. The molecule has 0 saturated carbocycles. The Morgan fingerprint density at radius 2 is 1.83 bits per heavy atom. The van der Waals surface area contributed by atoms with E-state index >= 15 is 0 Å². The van der Waals surface area contributed by atoms with Crippen molar-refractivity contribution in [2.45, 2.75) is 31.1 Å². The molecule has 4 nitrogen and oxygen atoms in total. The number of rotatable bonds is 6. The summed E-state index contributed by atoms with van der Waals surface area (Å²) in [4.78, 5) is 0.0877. The van der Waals surface area contributed by atoms with Crippen LogP contribution in [0.25, 0.3) is 0 Å². The predicted octanol–water partition coefficient (Wildman–Crippen LogP) is 4.15. The van der Waals surface area contributed by atoms with Gasteiger partial charge in [0.25, 0.3) is 10.0 Å². The number of halogens is 1. The van der Waals surface area contributed by atoms with E-state index < -0.39 is 15.8 Å². The molecule has 2 aromatic rings. The van der Waals surface area contributed by atoms with Crippen molar-refractivity contribution in [3.63, 3.8) is 0 Å². The van der Waals surface area contributed by atoms with Crippen LogP contribution in [-0.2, 0) is 10.0 Å². The molecule has 6 heteroatoms. The fourth-order valence-corrected chi connectivity index (χ4v) is 3.23. The second-order valence-corrected chi connectivity index (χ2v) is 7.01. The van der Waals surface area contributed by atoms with Gasteiger partial charge in [0, 0.05) is 0 Å². The van der Waals surface area contributed by atoms with Gasteiger partial charge >= 0.3 is 0 Å². The Bertz CT molecular complexity index is 773. The number of methoxy groups -OCH3 is 1. The number of anilines is 1. The molecule has 0 aliphatic carbocycles. The lowest BCUT2D eigenvalue weighted by Gasteiger charge is -2.13. The van der Waals surface area contributed by atoms with Crippen LogP contribution in [0.1, 0.15) is 31.7 Å². The maximum atomic E-state index is 14.1. The summed E-state index contributed by atoms with van der Waals surface area (Å²) in [6.45, 7) is 3.91. The molecule has 0 spiro atoms. The quantitative estimate of drug-likeness (QED) is 0.861. The van der Waals surface area contributed by atoms with Crippen LogP contribution < -0.4 is 9.46 Å². The van der Waals surface area contributed by atoms with E-state index in [-0.39, 0.29) is 16.5 Å². The van der Waals surface area contributed by atoms with E-state index in [9.17, 15) is 12.8 Å². The Labute approximate surface area is 136 Å². The molecule has 0 heterocycles. The van der Waals surface area contributed by atoms with E-state index in [0.29, 0.717) is 11.3 Å². The first-order valence-electron chi connectivity index (χ1n) is 7.33. The first-order chi connectivity index (χ1) is 10.9. The Morgan fingerprint density at radius 3 is 2.35 bits per heavy atom. The molecule has 0 radical (unpaired) electrons. The van der Waals surface area contributed by atoms with Gasteiger partial charge in [-0.25, -0.2) is 12.8 Å². The number of hydrogen-bond donors (Lipinski definition) is 1. The lowest BCUT2D eigenvalue weighted by atomic mass is 9.98. The van der Waals surface area contributed by atoms with Crippen molar-refractivity contribution >= 4 is 15.7 Å². The zero-order valence-corrected chi connectivity index (χ0v) is 14.2. The van der Waals surface area contributed by atoms with Crippen molar-refractivity contribution in [1.29, 1.82) is 0 Å². The predicted molar refractivity (Wildman–Crippen MR) is 88.9 cm³/mol. The Hall–Kier alpha value is -2.08. The van der Waals surface area contributed by atoms with Crippen molar-refractivity contribution in [3.8, 4) is 5.75 Å². The summed E-state index contributed by atoms with van der Waals surface area (Å²) in [5.41, 5.74) is 0.783. The number of nitrogens with one attached hydrogen (secondary N) is 1. The molecule has 2 aromatic carbocycles. The molecule has 1 N–H and O–H groups in total. The Kier molecular flexibility index (Phi) is 5.26. The van der Waals surface area contributed by atoms with Crippen molar-refractivity contribution in [3.05, 3.63) is 53.8 Å². The molecule has 0 saturated heterocycles. The molecule has 0 aromatic heterocycles. The highest BCUT2D eigenvalue weighted by molar-refractivity contribution is 7.92. The third kappa shape index (κ3) is 4.01. The van der Waals surface area contributed by atoms with Crippen LogP contribution in [0.15, 0.2) is 47.4 Å². The summed E-state index contributed by atoms with van der Waals surface area (Å²) in [6, 6.07) is 10.4. The molecule has 0 unspecified atom stereocenters. The van der Waals surface area contributed by atoms with Gasteiger partial charge in [0.2, 0.25) is 0 Å². The summed E-state index contributed by atoms with van der Waals surface area (Å²) in [6.07, 6.45) is 0.813. The van der Waals surface area contributed by atoms with Crippen molar-refractivity contribution < 1.29 is 17.5 Å². The van der Waals surface area contributed by atoms with Crippen LogP contribution >= 0.6 is 0 Å². The van der Waals surface area contributed by atoms with Gasteiger partial charge in [0.05, 0.1) is 17.7 Å². The fourth-order valence-electron chi connectivity index (χ4n) is 2.18. The van der Waals surface area contributed by atoms with Crippen LogP contribution in [0.4, 0.5) is 10.1 Å².